The fraction of sp³-hybridized carbons (Fsp3) is 0.243. The van der Waals surface area contributed by atoms with Gasteiger partial charge >= 0.3 is 11.9 Å². The molecule has 45 heavy (non-hydrogen) atoms. The van der Waals surface area contributed by atoms with E-state index in [1.807, 2.05) is 0 Å². The Morgan fingerprint density at radius 3 is 1.84 bits per heavy atom. The Bertz CT molecular complexity index is 1540. The number of ether oxygens (including phenoxy) is 2. The summed E-state index contributed by atoms with van der Waals surface area (Å²) in [5.74, 6) is -3.65. The molecule has 0 radical (unpaired) electrons. The largest absolute Gasteiger partial charge is 0.473 e. The maximum atomic E-state index is 9.10. The maximum absolute atomic E-state index is 9.10. The summed E-state index contributed by atoms with van der Waals surface area (Å²) in [4.78, 5) is 20.7. The van der Waals surface area contributed by atoms with E-state index in [1.165, 1.54) is 15.6 Å². The molecule has 1 aromatic heterocycles. The molecule has 1 fully saturated rings. The molecular formula is C37H37NO6S. The molecular weight excluding hydrogens is 586 g/mol. The van der Waals surface area contributed by atoms with Crippen molar-refractivity contribution in [2.24, 2.45) is 0 Å². The number of benzene rings is 4. The number of carboxylic acids is 2. The van der Waals surface area contributed by atoms with Crippen LogP contribution < -0.4 is 0 Å². The molecule has 0 bridgehead atoms. The molecule has 2 heterocycles. The number of carboxylic acid groups (broad SMARTS) is 2. The highest BCUT2D eigenvalue weighted by atomic mass is 32.1. The van der Waals surface area contributed by atoms with Crippen molar-refractivity contribution < 1.29 is 29.3 Å². The predicted octanol–water partition coefficient (Wildman–Crippen LogP) is 6.70. The van der Waals surface area contributed by atoms with E-state index in [9.17, 15) is 0 Å². The highest BCUT2D eigenvalue weighted by molar-refractivity contribution is 7.17. The van der Waals surface area contributed by atoms with Gasteiger partial charge in [-0.25, -0.2) is 9.59 Å². The number of rotatable bonds is 12. The number of likely N-dealkylation sites (tertiary alicyclic amines) is 1. The molecule has 4 aromatic carbocycles. The van der Waals surface area contributed by atoms with Gasteiger partial charge in [0, 0.05) is 30.9 Å². The molecule has 232 valence electrons. The maximum Gasteiger partial charge on any atom is 0.414 e. The van der Waals surface area contributed by atoms with E-state index in [0.717, 1.165) is 62.4 Å². The van der Waals surface area contributed by atoms with Crippen LogP contribution in [0, 0.1) is 0 Å². The molecule has 5 aromatic rings. The number of fused-ring (bicyclic) bond motifs is 1. The Labute approximate surface area is 267 Å². The summed E-state index contributed by atoms with van der Waals surface area (Å²) in [7, 11) is 0. The first-order valence-electron chi connectivity index (χ1n) is 15.0. The molecule has 0 atom stereocenters. The second-order valence-electron chi connectivity index (χ2n) is 10.9. The van der Waals surface area contributed by atoms with Gasteiger partial charge in [0.25, 0.3) is 0 Å². The second kappa shape index (κ2) is 15.6. The van der Waals surface area contributed by atoms with Crippen LogP contribution in [-0.2, 0) is 31.1 Å². The molecule has 0 aliphatic carbocycles. The molecule has 1 aliphatic heterocycles. The van der Waals surface area contributed by atoms with Gasteiger partial charge in [-0.2, -0.15) is 0 Å². The van der Waals surface area contributed by atoms with E-state index >= 15 is 0 Å². The topological polar surface area (TPSA) is 96.3 Å². The second-order valence-corrected chi connectivity index (χ2v) is 11.8. The third kappa shape index (κ3) is 8.23. The van der Waals surface area contributed by atoms with Crippen LogP contribution in [0.3, 0.4) is 0 Å². The molecule has 2 N–H and O–H groups in total. The van der Waals surface area contributed by atoms with Crippen LogP contribution in [0.5, 0.6) is 0 Å². The molecule has 1 saturated heterocycles. The van der Waals surface area contributed by atoms with Crippen LogP contribution in [-0.4, -0.2) is 66.0 Å². The van der Waals surface area contributed by atoms with Crippen molar-refractivity contribution in [2.75, 3.05) is 32.8 Å². The van der Waals surface area contributed by atoms with Crippen LogP contribution in [0.4, 0.5) is 0 Å². The van der Waals surface area contributed by atoms with Crippen molar-refractivity contribution in [3.8, 4) is 0 Å². The molecule has 1 aliphatic rings. The molecule has 8 heteroatoms. The fourth-order valence-corrected chi connectivity index (χ4v) is 6.38. The average Bonchev–Trinajstić information content (AvgIpc) is 3.53. The lowest BCUT2D eigenvalue weighted by atomic mass is 9.79. The Morgan fingerprint density at radius 2 is 1.31 bits per heavy atom. The lowest BCUT2D eigenvalue weighted by molar-refractivity contribution is -0.159. The van der Waals surface area contributed by atoms with Crippen molar-refractivity contribution in [3.05, 3.63) is 143 Å². The summed E-state index contributed by atoms with van der Waals surface area (Å²) < 4.78 is 14.4. The summed E-state index contributed by atoms with van der Waals surface area (Å²) >= 11 is 1.80. The van der Waals surface area contributed by atoms with E-state index in [2.05, 4.69) is 126 Å². The van der Waals surface area contributed by atoms with E-state index in [0.29, 0.717) is 0 Å². The summed E-state index contributed by atoms with van der Waals surface area (Å²) in [5, 5.41) is 18.3. The van der Waals surface area contributed by atoms with Gasteiger partial charge in [-0.05, 0) is 58.0 Å². The van der Waals surface area contributed by atoms with Gasteiger partial charge in [-0.1, -0.05) is 103 Å². The number of hydrogen-bond acceptors (Lipinski definition) is 6. The first-order valence-corrected chi connectivity index (χ1v) is 15.9. The minimum Gasteiger partial charge on any atom is -0.473 e. The van der Waals surface area contributed by atoms with Gasteiger partial charge in [0.05, 0.1) is 12.7 Å². The first kappa shape index (κ1) is 32.1. The highest BCUT2D eigenvalue weighted by Gasteiger charge is 2.42. The lowest BCUT2D eigenvalue weighted by Crippen LogP contribution is -2.55. The van der Waals surface area contributed by atoms with Crippen LogP contribution in [0.15, 0.2) is 121 Å². The Morgan fingerprint density at radius 1 is 0.756 bits per heavy atom. The summed E-state index contributed by atoms with van der Waals surface area (Å²) in [6.45, 7) is 4.49. The zero-order valence-electron chi connectivity index (χ0n) is 25.0. The van der Waals surface area contributed by atoms with Crippen LogP contribution in [0.25, 0.3) is 10.1 Å². The summed E-state index contributed by atoms with van der Waals surface area (Å²) in [6.07, 6.45) is 2.17. The van der Waals surface area contributed by atoms with Crippen LogP contribution in [0.2, 0.25) is 0 Å². The van der Waals surface area contributed by atoms with Crippen molar-refractivity contribution >= 4 is 33.4 Å². The van der Waals surface area contributed by atoms with Crippen molar-refractivity contribution in [1.29, 1.82) is 0 Å². The summed E-state index contributed by atoms with van der Waals surface area (Å²) in [6, 6.07) is 40.9. The van der Waals surface area contributed by atoms with E-state index in [4.69, 9.17) is 29.3 Å². The highest BCUT2D eigenvalue weighted by Crippen LogP contribution is 2.42. The van der Waals surface area contributed by atoms with Gasteiger partial charge in [0.2, 0.25) is 0 Å². The minimum absolute atomic E-state index is 0.165. The van der Waals surface area contributed by atoms with E-state index in [1.54, 1.807) is 11.3 Å². The van der Waals surface area contributed by atoms with Gasteiger partial charge in [0.15, 0.2) is 0 Å². The standard InChI is InChI=1S/C35H35NO2S.C2H2O4/c1-4-11-30(12-5-1)35(31-13-6-2-7-14-31,32-15-8-3-9-16-32)38-33-26-36(27-33)21-10-22-37-23-19-28-17-18-34-29(25-28)20-24-39-34;3-1(4)2(5)6/h1-9,11-18,20,24-25,33H,10,19,21-23,26-27H2;(H,3,4)(H,5,6). The zero-order valence-corrected chi connectivity index (χ0v) is 25.8. The van der Waals surface area contributed by atoms with Gasteiger partial charge in [-0.3, -0.25) is 4.90 Å². The molecule has 0 spiro atoms. The zero-order chi connectivity index (χ0) is 31.5. The molecule has 0 amide bonds. The normalized spacial score (nSPS) is 13.5. The van der Waals surface area contributed by atoms with Gasteiger partial charge in [0.1, 0.15) is 5.60 Å². The monoisotopic (exact) mass is 623 g/mol. The third-order valence-electron chi connectivity index (χ3n) is 7.81. The van der Waals surface area contributed by atoms with Crippen molar-refractivity contribution in [1.82, 2.24) is 4.90 Å². The van der Waals surface area contributed by atoms with Crippen LogP contribution >= 0.6 is 11.3 Å². The van der Waals surface area contributed by atoms with Crippen molar-refractivity contribution in [3.63, 3.8) is 0 Å². The average molecular weight is 624 g/mol. The molecule has 6 rings (SSSR count). The fourth-order valence-electron chi connectivity index (χ4n) is 5.61. The minimum atomic E-state index is -1.82. The smallest absolute Gasteiger partial charge is 0.414 e. The lowest BCUT2D eigenvalue weighted by Gasteiger charge is -2.46. The number of carbonyl (C=O) groups is 2. The van der Waals surface area contributed by atoms with Crippen LogP contribution in [0.1, 0.15) is 28.7 Å². The van der Waals surface area contributed by atoms with Crippen molar-refractivity contribution in [2.45, 2.75) is 24.5 Å². The Kier molecular flexibility index (Phi) is 11.1. The first-order chi connectivity index (χ1) is 22.0. The number of hydrogen-bond donors (Lipinski definition) is 2. The summed E-state index contributed by atoms with van der Waals surface area (Å²) in [5.41, 5.74) is 4.19. The molecule has 0 unspecified atom stereocenters. The van der Waals surface area contributed by atoms with Gasteiger partial charge < -0.3 is 19.7 Å². The number of nitrogens with zero attached hydrogens (tertiary/aromatic N) is 1. The Hall–Kier alpha value is -4.34. The predicted molar refractivity (Wildman–Crippen MR) is 177 cm³/mol. The SMILES string of the molecule is O=C(O)C(=O)O.c1ccc(C(OC2CN(CCCOCCc3ccc4sccc4c3)C2)(c2ccccc2)c2ccccc2)cc1. The number of aliphatic carboxylic acids is 2. The Balaban J connectivity index is 0.000000609. The van der Waals surface area contributed by atoms with Gasteiger partial charge in [-0.15, -0.1) is 11.3 Å². The molecule has 7 nitrogen and oxygen atoms in total. The van der Waals surface area contributed by atoms with E-state index < -0.39 is 17.5 Å². The van der Waals surface area contributed by atoms with E-state index in [-0.39, 0.29) is 6.10 Å². The third-order valence-corrected chi connectivity index (χ3v) is 8.70. The quantitative estimate of drug-likeness (QED) is 0.0907. The number of thiophene rings is 1. The molecule has 0 saturated carbocycles.